The summed E-state index contributed by atoms with van der Waals surface area (Å²) < 4.78 is 13.6. The number of rotatable bonds is 1. The summed E-state index contributed by atoms with van der Waals surface area (Å²) in [4.78, 5) is 0. The molecule has 0 aliphatic carbocycles. The predicted octanol–water partition coefficient (Wildman–Crippen LogP) is 3.56. The summed E-state index contributed by atoms with van der Waals surface area (Å²) in [6, 6.07) is 3.13. The van der Waals surface area contributed by atoms with E-state index in [2.05, 4.69) is 5.32 Å². The molecule has 1 aliphatic rings. The minimum atomic E-state index is -0.351. The van der Waals surface area contributed by atoms with Gasteiger partial charge in [0.1, 0.15) is 5.82 Å². The van der Waals surface area contributed by atoms with Gasteiger partial charge in [-0.15, -0.1) is 0 Å². The lowest BCUT2D eigenvalue weighted by Crippen LogP contribution is -2.14. The third-order valence-corrected chi connectivity index (χ3v) is 2.95. The fourth-order valence-corrected chi connectivity index (χ4v) is 2.29. The zero-order chi connectivity index (χ0) is 10.1. The smallest absolute Gasteiger partial charge is 0.146 e. The molecule has 0 bridgehead atoms. The van der Waals surface area contributed by atoms with Gasteiger partial charge in [-0.2, -0.15) is 0 Å². The number of benzene rings is 1. The molecule has 0 unspecified atom stereocenters. The lowest BCUT2D eigenvalue weighted by molar-refractivity contribution is 0.559. The van der Waals surface area contributed by atoms with Crippen LogP contribution in [0.5, 0.6) is 0 Å². The molecule has 1 N–H and O–H groups in total. The summed E-state index contributed by atoms with van der Waals surface area (Å²) in [6.45, 7) is 0.925. The molecular weight excluding hydrogens is 224 g/mol. The van der Waals surface area contributed by atoms with Crippen molar-refractivity contribution in [3.63, 3.8) is 0 Å². The molecule has 1 saturated heterocycles. The molecule has 4 heteroatoms. The standard InChI is InChI=1S/C10H10Cl2FN/c11-6-4-7(9-2-1-3-14-9)10(13)8(12)5-6/h4-5,9,14H,1-3H2/t9-/m1/s1. The molecule has 1 heterocycles. The summed E-state index contributed by atoms with van der Waals surface area (Å²) in [5, 5.41) is 3.80. The highest BCUT2D eigenvalue weighted by atomic mass is 35.5. The van der Waals surface area contributed by atoms with Crippen molar-refractivity contribution < 1.29 is 4.39 Å². The minimum Gasteiger partial charge on any atom is -0.310 e. The maximum atomic E-state index is 13.6. The van der Waals surface area contributed by atoms with Gasteiger partial charge in [-0.25, -0.2) is 4.39 Å². The van der Waals surface area contributed by atoms with Crippen LogP contribution in [0.2, 0.25) is 10.0 Å². The second-order valence-corrected chi connectivity index (χ2v) is 4.28. The first-order valence-corrected chi connectivity index (χ1v) is 5.32. The number of hydrogen-bond acceptors (Lipinski definition) is 1. The van der Waals surface area contributed by atoms with Gasteiger partial charge in [0.05, 0.1) is 5.02 Å². The van der Waals surface area contributed by atoms with Gasteiger partial charge in [0.15, 0.2) is 0 Å². The first kappa shape index (κ1) is 10.2. The first-order valence-electron chi connectivity index (χ1n) is 4.56. The minimum absolute atomic E-state index is 0.0613. The topological polar surface area (TPSA) is 12.0 Å². The molecule has 0 saturated carbocycles. The SMILES string of the molecule is Fc1c(Cl)cc(Cl)cc1[C@H]1CCCN1. The fourth-order valence-electron chi connectivity index (χ4n) is 1.78. The molecule has 1 nitrogen and oxygen atoms in total. The van der Waals surface area contributed by atoms with E-state index >= 15 is 0 Å². The molecule has 1 atom stereocenters. The Morgan fingerprint density at radius 1 is 1.36 bits per heavy atom. The Morgan fingerprint density at radius 3 is 2.79 bits per heavy atom. The lowest BCUT2D eigenvalue weighted by atomic mass is 10.0. The van der Waals surface area contributed by atoms with Gasteiger partial charge in [-0.1, -0.05) is 23.2 Å². The molecule has 1 fully saturated rings. The van der Waals surface area contributed by atoms with E-state index in [9.17, 15) is 4.39 Å². The summed E-state index contributed by atoms with van der Waals surface area (Å²) in [6.07, 6.45) is 2.00. The maximum Gasteiger partial charge on any atom is 0.146 e. The van der Waals surface area contributed by atoms with Gasteiger partial charge in [0.2, 0.25) is 0 Å². The number of halogens is 3. The molecule has 0 spiro atoms. The van der Waals surface area contributed by atoms with Gasteiger partial charge in [-0.3, -0.25) is 0 Å². The predicted molar refractivity (Wildman–Crippen MR) is 56.4 cm³/mol. The summed E-state index contributed by atoms with van der Waals surface area (Å²) in [7, 11) is 0. The van der Waals surface area contributed by atoms with Crippen molar-refractivity contribution in [1.29, 1.82) is 0 Å². The van der Waals surface area contributed by atoms with Gasteiger partial charge >= 0.3 is 0 Å². The molecule has 2 rings (SSSR count). The highest BCUT2D eigenvalue weighted by Gasteiger charge is 2.21. The summed E-state index contributed by atoms with van der Waals surface area (Å²) in [5.41, 5.74) is 0.583. The first-order chi connectivity index (χ1) is 6.68. The van der Waals surface area contributed by atoms with Gasteiger partial charge < -0.3 is 5.32 Å². The van der Waals surface area contributed by atoms with Crippen molar-refractivity contribution >= 4 is 23.2 Å². The van der Waals surface area contributed by atoms with Crippen molar-refractivity contribution in [3.8, 4) is 0 Å². The van der Waals surface area contributed by atoms with Gasteiger partial charge in [-0.05, 0) is 31.5 Å². The molecule has 0 amide bonds. The average molecular weight is 234 g/mol. The van der Waals surface area contributed by atoms with Crippen LogP contribution < -0.4 is 5.32 Å². The molecular formula is C10H10Cl2FN. The fraction of sp³-hybridized carbons (Fsp3) is 0.400. The summed E-state index contributed by atoms with van der Waals surface area (Å²) >= 11 is 11.5. The zero-order valence-electron chi connectivity index (χ0n) is 7.49. The second-order valence-electron chi connectivity index (χ2n) is 3.44. The van der Waals surface area contributed by atoms with Gasteiger partial charge in [0.25, 0.3) is 0 Å². The van der Waals surface area contributed by atoms with Crippen LogP contribution in [0.3, 0.4) is 0 Å². The quantitative estimate of drug-likeness (QED) is 0.732. The molecule has 14 heavy (non-hydrogen) atoms. The molecule has 1 aromatic rings. The maximum absolute atomic E-state index is 13.6. The van der Waals surface area contributed by atoms with E-state index in [1.54, 1.807) is 6.07 Å². The second kappa shape index (κ2) is 4.05. The van der Waals surface area contributed by atoms with E-state index < -0.39 is 0 Å². The van der Waals surface area contributed by atoms with Crippen LogP contribution in [0.1, 0.15) is 24.4 Å². The van der Waals surface area contributed by atoms with E-state index in [1.165, 1.54) is 6.07 Å². The van der Waals surface area contributed by atoms with Gasteiger partial charge in [0, 0.05) is 16.6 Å². The Kier molecular flexibility index (Phi) is 2.96. The molecule has 1 aromatic carbocycles. The van der Waals surface area contributed by atoms with E-state index in [0.717, 1.165) is 19.4 Å². The van der Waals surface area contributed by atoms with Crippen LogP contribution in [-0.4, -0.2) is 6.54 Å². The van der Waals surface area contributed by atoms with Crippen LogP contribution in [0, 0.1) is 5.82 Å². The third-order valence-electron chi connectivity index (χ3n) is 2.46. The van der Waals surface area contributed by atoms with E-state index in [-0.39, 0.29) is 16.9 Å². The molecule has 0 radical (unpaired) electrons. The Hall–Kier alpha value is -0.310. The van der Waals surface area contributed by atoms with Crippen molar-refractivity contribution in [2.75, 3.05) is 6.54 Å². The monoisotopic (exact) mass is 233 g/mol. The van der Waals surface area contributed by atoms with E-state index in [1.807, 2.05) is 0 Å². The third kappa shape index (κ3) is 1.88. The van der Waals surface area contributed by atoms with Crippen molar-refractivity contribution in [3.05, 3.63) is 33.6 Å². The molecule has 1 aliphatic heterocycles. The highest BCUT2D eigenvalue weighted by molar-refractivity contribution is 6.34. The van der Waals surface area contributed by atoms with Crippen molar-refractivity contribution in [2.45, 2.75) is 18.9 Å². The van der Waals surface area contributed by atoms with Crippen LogP contribution in [-0.2, 0) is 0 Å². The van der Waals surface area contributed by atoms with Crippen LogP contribution >= 0.6 is 23.2 Å². The Bertz CT molecular complexity index is 348. The lowest BCUT2D eigenvalue weighted by Gasteiger charge is -2.12. The zero-order valence-corrected chi connectivity index (χ0v) is 9.00. The average Bonchev–Trinajstić information content (AvgIpc) is 2.63. The normalized spacial score (nSPS) is 21.5. The summed E-state index contributed by atoms with van der Waals surface area (Å²) in [5.74, 6) is -0.351. The van der Waals surface area contributed by atoms with Crippen LogP contribution in [0.4, 0.5) is 4.39 Å². The van der Waals surface area contributed by atoms with Crippen molar-refractivity contribution in [2.24, 2.45) is 0 Å². The molecule has 76 valence electrons. The number of nitrogens with one attached hydrogen (secondary N) is 1. The van der Waals surface area contributed by atoms with Crippen LogP contribution in [0.15, 0.2) is 12.1 Å². The largest absolute Gasteiger partial charge is 0.310 e. The Morgan fingerprint density at radius 2 is 2.14 bits per heavy atom. The Balaban J connectivity index is 2.40. The highest BCUT2D eigenvalue weighted by Crippen LogP contribution is 2.31. The number of hydrogen-bond donors (Lipinski definition) is 1. The van der Waals surface area contributed by atoms with E-state index in [0.29, 0.717) is 10.6 Å². The molecule has 0 aromatic heterocycles. The van der Waals surface area contributed by atoms with Crippen LogP contribution in [0.25, 0.3) is 0 Å². The van der Waals surface area contributed by atoms with Crippen molar-refractivity contribution in [1.82, 2.24) is 5.32 Å². The Labute approximate surface area is 92.2 Å². The van der Waals surface area contributed by atoms with E-state index in [4.69, 9.17) is 23.2 Å².